The smallest absolute Gasteiger partial charge is 0.226 e. The third-order valence-electron chi connectivity index (χ3n) is 12.6. The Kier molecular flexibility index (Phi) is 19.2. The van der Waals surface area contributed by atoms with Crippen LogP contribution in [0.2, 0.25) is 0 Å². The second-order valence-electron chi connectivity index (χ2n) is 17.4. The molecule has 0 spiro atoms. The van der Waals surface area contributed by atoms with Crippen molar-refractivity contribution >= 4 is 42.7 Å². The normalized spacial score (nSPS) is 17.8. The molecule has 1 aromatic heterocycles. The van der Waals surface area contributed by atoms with Crippen molar-refractivity contribution in [2.75, 3.05) is 39.9 Å². The van der Waals surface area contributed by atoms with Crippen LogP contribution in [0, 0.1) is 30.1 Å². The highest BCUT2D eigenvalue weighted by Crippen LogP contribution is 2.41. The Balaban J connectivity index is 0.00000840. The first-order chi connectivity index (χ1) is 31.9. The largest absolute Gasteiger partial charge is 0.492 e. The maximum Gasteiger partial charge on any atom is 0.226 e. The third kappa shape index (κ3) is 12.9. The lowest BCUT2D eigenvalue weighted by molar-refractivity contribution is -0.142. The second kappa shape index (κ2) is 24.7. The zero-order chi connectivity index (χ0) is 47.3. The summed E-state index contributed by atoms with van der Waals surface area (Å²) in [7, 11) is 1.51. The zero-order valence-corrected chi connectivity index (χ0v) is 39.7. The molecule has 7 N–H and O–H groups in total. The highest BCUT2D eigenvalue weighted by atomic mass is 32.1. The fraction of sp³-hybridized carbons (Fsp3) is 0.451. The number of likely N-dealkylation sites (N-methyl/N-ethyl adjacent to an activating group) is 1. The number of hydrogen-bond donors (Lipinski definition) is 4. The fourth-order valence-corrected chi connectivity index (χ4v) is 9.02. The Bertz CT molecular complexity index is 2430. The van der Waals surface area contributed by atoms with Gasteiger partial charge in [0.25, 0.3) is 0 Å². The molecule has 1 aliphatic carbocycles. The summed E-state index contributed by atoms with van der Waals surface area (Å²) in [6, 6.07) is 18.6. The van der Waals surface area contributed by atoms with E-state index in [4.69, 9.17) is 26.7 Å². The summed E-state index contributed by atoms with van der Waals surface area (Å²) in [6.45, 7) is 4.20. The van der Waals surface area contributed by atoms with Gasteiger partial charge in [-0.1, -0.05) is 56.2 Å². The number of nitriles is 1. The number of fused-ring (bicyclic) bond motifs is 5. The van der Waals surface area contributed by atoms with Crippen molar-refractivity contribution in [3.63, 3.8) is 0 Å². The molecule has 15 nitrogen and oxygen atoms in total. The van der Waals surface area contributed by atoms with Crippen LogP contribution in [0.25, 0.3) is 22.5 Å². The van der Waals surface area contributed by atoms with Crippen LogP contribution >= 0.6 is 13.5 Å². The van der Waals surface area contributed by atoms with Gasteiger partial charge >= 0.3 is 0 Å². The van der Waals surface area contributed by atoms with Gasteiger partial charge in [-0.3, -0.25) is 24.0 Å². The molecule has 4 bridgehead atoms. The summed E-state index contributed by atoms with van der Waals surface area (Å²) in [5.74, 6) is -2.06. The minimum Gasteiger partial charge on any atom is -0.492 e. The number of aromatic nitrogens is 2. The number of carbonyl (C=O) groups is 5. The van der Waals surface area contributed by atoms with E-state index in [1.807, 2.05) is 24.3 Å². The van der Waals surface area contributed by atoms with Gasteiger partial charge in [0.15, 0.2) is 23.2 Å². The summed E-state index contributed by atoms with van der Waals surface area (Å²) in [6.07, 6.45) is 6.02. The predicted molar refractivity (Wildman–Crippen MR) is 261 cm³/mol. The van der Waals surface area contributed by atoms with Crippen molar-refractivity contribution in [3.8, 4) is 40.1 Å². The van der Waals surface area contributed by atoms with E-state index in [1.165, 1.54) is 49.4 Å². The van der Waals surface area contributed by atoms with Crippen molar-refractivity contribution in [2.45, 2.75) is 96.1 Å². The maximum atomic E-state index is 14.8. The molecule has 1 saturated carbocycles. The van der Waals surface area contributed by atoms with Gasteiger partial charge in [-0.2, -0.15) is 18.8 Å². The molecule has 356 valence electrons. The molecular weight excluding hydrogens is 869 g/mol. The quantitative estimate of drug-likeness (QED) is 0.0862. The molecule has 1 aliphatic heterocycles. The first kappa shape index (κ1) is 52.0. The highest BCUT2D eigenvalue weighted by Gasteiger charge is 2.36. The molecule has 67 heavy (non-hydrogen) atoms. The van der Waals surface area contributed by atoms with Crippen LogP contribution in [0.5, 0.6) is 11.5 Å². The first-order valence-electron chi connectivity index (χ1n) is 23.0. The van der Waals surface area contributed by atoms with Gasteiger partial charge in [-0.05, 0) is 86.0 Å². The van der Waals surface area contributed by atoms with E-state index in [0.717, 1.165) is 5.56 Å². The molecule has 1 fully saturated rings. The molecule has 2 heterocycles. The standard InChI is InChI=1S/C51H62N8O7.H2S/c1-31-25-45(62)48(59(3)51(64)38(18-20-53)29-44(61)41-30-56-49(57-32(41)2)36-13-11-35(12-14-36)34-7-4-5-8-34)37-15-17-47(66-24-22-55)40(28-37)39-26-33(10-16-46(39)65-23-21-54)27-42(58-50(31)63)43(60)9-6-19-52;/h10-17,26,28,30-31,34,38,42,48H,4-9,18,20-25,27,29,53-55H2,1-3H3,(H,58,63);1H2/t31-,38-,42+,48+;/m1./s1. The minimum absolute atomic E-state index is 0. The van der Waals surface area contributed by atoms with Crippen LogP contribution in [0.15, 0.2) is 66.9 Å². The SMILES string of the molecule is Cc1nc(-c2ccc(C3CCCC3)cc2)ncc1C(=O)C[C@@H](CCN)C(=O)N(C)[C@@H]1C(=O)C[C@@H](C)C(=O)N[C@H](C(=O)CCC#N)Cc2ccc(OCCN)c(c2)-c2cc1ccc2OCCN.S. The van der Waals surface area contributed by atoms with Crippen LogP contribution in [-0.4, -0.2) is 90.0 Å². The summed E-state index contributed by atoms with van der Waals surface area (Å²) >= 11 is 0. The van der Waals surface area contributed by atoms with Crippen molar-refractivity contribution in [1.82, 2.24) is 20.2 Å². The summed E-state index contributed by atoms with van der Waals surface area (Å²) in [5.41, 5.74) is 22.9. The molecule has 3 aromatic carbocycles. The van der Waals surface area contributed by atoms with E-state index < -0.39 is 41.5 Å². The molecule has 4 aromatic rings. The van der Waals surface area contributed by atoms with E-state index >= 15 is 0 Å². The van der Waals surface area contributed by atoms with E-state index in [0.29, 0.717) is 51.2 Å². The molecule has 4 atom stereocenters. The lowest BCUT2D eigenvalue weighted by Crippen LogP contribution is -2.46. The fourth-order valence-electron chi connectivity index (χ4n) is 9.02. The predicted octanol–water partition coefficient (Wildman–Crippen LogP) is 5.81. The van der Waals surface area contributed by atoms with Gasteiger partial charge in [-0.15, -0.1) is 0 Å². The zero-order valence-electron chi connectivity index (χ0n) is 38.7. The number of hydrogen-bond acceptors (Lipinski definition) is 13. The van der Waals surface area contributed by atoms with Crippen molar-refractivity contribution in [3.05, 3.63) is 94.8 Å². The van der Waals surface area contributed by atoms with Crippen molar-refractivity contribution in [1.29, 1.82) is 5.26 Å². The molecule has 16 heteroatoms. The van der Waals surface area contributed by atoms with Gasteiger partial charge < -0.3 is 36.9 Å². The molecule has 0 radical (unpaired) electrons. The number of amides is 2. The molecule has 6 rings (SSSR count). The van der Waals surface area contributed by atoms with Crippen LogP contribution in [0.4, 0.5) is 0 Å². The Morgan fingerprint density at radius 1 is 0.896 bits per heavy atom. The van der Waals surface area contributed by atoms with E-state index in [9.17, 15) is 29.2 Å². The third-order valence-corrected chi connectivity index (χ3v) is 12.6. The Morgan fingerprint density at radius 2 is 1.54 bits per heavy atom. The van der Waals surface area contributed by atoms with Gasteiger partial charge in [-0.25, -0.2) is 9.97 Å². The Labute approximate surface area is 400 Å². The number of ketones is 3. The number of benzene rings is 3. The Hall–Kier alpha value is -5.99. The lowest BCUT2D eigenvalue weighted by Gasteiger charge is -2.32. The molecule has 2 aliphatic rings. The number of nitrogens with one attached hydrogen (secondary N) is 1. The number of nitrogens with two attached hydrogens (primary N) is 3. The maximum absolute atomic E-state index is 14.8. The summed E-state index contributed by atoms with van der Waals surface area (Å²) in [5, 5.41) is 12.1. The van der Waals surface area contributed by atoms with E-state index in [-0.39, 0.29) is 102 Å². The van der Waals surface area contributed by atoms with Gasteiger partial charge in [0.05, 0.1) is 23.4 Å². The number of rotatable bonds is 18. The topological polar surface area (TPSA) is 247 Å². The number of aryl methyl sites for hydroxylation is 1. The van der Waals surface area contributed by atoms with Crippen LogP contribution in [0.1, 0.15) is 109 Å². The molecular formula is C51H64N8O7S. The van der Waals surface area contributed by atoms with Gasteiger partial charge in [0.2, 0.25) is 11.8 Å². The summed E-state index contributed by atoms with van der Waals surface area (Å²) < 4.78 is 12.3. The van der Waals surface area contributed by atoms with Crippen LogP contribution < -0.4 is 32.0 Å². The molecule has 0 saturated heterocycles. The first-order valence-corrected chi connectivity index (χ1v) is 23.0. The number of carbonyl (C=O) groups excluding carboxylic acids is 5. The van der Waals surface area contributed by atoms with Crippen LogP contribution in [0.3, 0.4) is 0 Å². The lowest BCUT2D eigenvalue weighted by atomic mass is 9.88. The number of Topliss-reactive ketones (excluding diaryl/α,β-unsaturated/α-hetero) is 3. The average Bonchev–Trinajstić information content (AvgIpc) is 3.87. The number of nitrogens with zero attached hydrogens (tertiary/aromatic N) is 4. The van der Waals surface area contributed by atoms with E-state index in [1.54, 1.807) is 44.2 Å². The average molecular weight is 933 g/mol. The number of ether oxygens (including phenoxy) is 2. The second-order valence-corrected chi connectivity index (χ2v) is 17.4. The van der Waals surface area contributed by atoms with Gasteiger partial charge in [0, 0.05) is 80.5 Å². The van der Waals surface area contributed by atoms with E-state index in [2.05, 4.69) is 27.4 Å². The highest BCUT2D eigenvalue weighted by molar-refractivity contribution is 7.59. The minimum atomic E-state index is -1.23. The molecule has 2 amide bonds. The Morgan fingerprint density at radius 3 is 2.16 bits per heavy atom. The summed E-state index contributed by atoms with van der Waals surface area (Å²) in [4.78, 5) is 81.4. The van der Waals surface area contributed by atoms with Crippen molar-refractivity contribution in [2.24, 2.45) is 29.0 Å². The monoisotopic (exact) mass is 932 g/mol. The van der Waals surface area contributed by atoms with Gasteiger partial charge in [0.1, 0.15) is 30.8 Å². The van der Waals surface area contributed by atoms with Crippen LogP contribution in [-0.2, 0) is 25.6 Å². The van der Waals surface area contributed by atoms with Crippen molar-refractivity contribution < 1.29 is 33.4 Å². The molecule has 0 unspecified atom stereocenters.